The van der Waals surface area contributed by atoms with E-state index in [1.807, 2.05) is 0 Å². The number of hydrogen-bond acceptors (Lipinski definition) is 3. The molecule has 0 saturated carbocycles. The van der Waals surface area contributed by atoms with E-state index in [1.54, 1.807) is 0 Å². The highest BCUT2D eigenvalue weighted by Gasteiger charge is 2.51. The first-order valence-corrected chi connectivity index (χ1v) is 12.1. The van der Waals surface area contributed by atoms with Crippen LogP contribution in [0.1, 0.15) is 67.0 Å². The van der Waals surface area contributed by atoms with Gasteiger partial charge in [-0.15, -0.1) is 0 Å². The Hall–Kier alpha value is -3.17. The number of carbonyl (C=O) groups is 1. The predicted molar refractivity (Wildman–Crippen MR) is 122 cm³/mol. The molecule has 1 heterocycles. The number of aliphatic hydroxyl groups is 1. The van der Waals surface area contributed by atoms with E-state index in [4.69, 9.17) is 4.74 Å². The van der Waals surface area contributed by atoms with Crippen molar-refractivity contribution in [2.24, 2.45) is 0 Å². The summed E-state index contributed by atoms with van der Waals surface area (Å²) in [5.74, 6) is 0. The predicted octanol–water partition coefficient (Wildman–Crippen LogP) is 8.40. The molecule has 1 atom stereocenters. The molecule has 4 nitrogen and oxygen atoms in total. The van der Waals surface area contributed by atoms with Crippen molar-refractivity contribution in [1.29, 1.82) is 0 Å². The van der Waals surface area contributed by atoms with Crippen molar-refractivity contribution in [3.8, 4) is 0 Å². The van der Waals surface area contributed by atoms with Gasteiger partial charge in [-0.3, -0.25) is 0 Å². The van der Waals surface area contributed by atoms with Crippen LogP contribution < -0.4 is 0 Å². The van der Waals surface area contributed by atoms with Gasteiger partial charge in [-0.1, -0.05) is 0 Å². The molecule has 1 N–H and O–H groups in total. The van der Waals surface area contributed by atoms with Crippen molar-refractivity contribution >= 4 is 6.09 Å². The molecule has 1 aliphatic rings. The van der Waals surface area contributed by atoms with Crippen LogP contribution in [-0.2, 0) is 35.0 Å². The molecule has 1 aliphatic heterocycles. The zero-order valence-corrected chi connectivity index (χ0v) is 21.9. The average Bonchev–Trinajstić information content (AvgIpc) is 3.30. The van der Waals surface area contributed by atoms with Crippen LogP contribution >= 0.6 is 0 Å². The van der Waals surface area contributed by atoms with E-state index in [0.717, 1.165) is 0 Å². The van der Waals surface area contributed by atoms with Gasteiger partial charge in [0.25, 0.3) is 0 Å². The molecule has 0 bridgehead atoms. The SMILES string of the molecule is CC(C)(C)OC(=O)N1CCC[C@H]1C(O)(c1cc(C(F)(F)F)cc(C(F)(F)F)c1)c1cc(C(F)(F)F)cc(C(F)(F)F)c1. The number of halogens is 12. The molecule has 1 saturated heterocycles. The monoisotopic (exact) mass is 625 g/mol. The van der Waals surface area contributed by atoms with E-state index in [1.165, 1.54) is 20.8 Å². The van der Waals surface area contributed by atoms with Gasteiger partial charge < -0.3 is 14.7 Å². The summed E-state index contributed by atoms with van der Waals surface area (Å²) in [5, 5.41) is 12.0. The van der Waals surface area contributed by atoms with Crippen LogP contribution in [0.15, 0.2) is 36.4 Å². The molecule has 3 rings (SSSR count). The van der Waals surface area contributed by atoms with Crippen LogP contribution in [0.5, 0.6) is 0 Å². The molecule has 42 heavy (non-hydrogen) atoms. The van der Waals surface area contributed by atoms with E-state index >= 15 is 0 Å². The number of carbonyl (C=O) groups excluding carboxylic acids is 1. The molecule has 16 heteroatoms. The Balaban J connectivity index is 2.46. The maximum atomic E-state index is 13.7. The number of rotatable bonds is 3. The number of ether oxygens (including phenoxy) is 1. The first-order valence-electron chi connectivity index (χ1n) is 12.1. The first-order chi connectivity index (χ1) is 18.7. The Morgan fingerprint density at radius 2 is 0.976 bits per heavy atom. The Morgan fingerprint density at radius 1 is 0.667 bits per heavy atom. The third-order valence-corrected chi connectivity index (χ3v) is 6.42. The highest BCUT2D eigenvalue weighted by molar-refractivity contribution is 5.69. The van der Waals surface area contributed by atoms with Gasteiger partial charge >= 0.3 is 30.8 Å². The fourth-order valence-electron chi connectivity index (χ4n) is 4.64. The molecule has 2 aromatic carbocycles. The van der Waals surface area contributed by atoms with Crippen LogP contribution in [0.4, 0.5) is 57.5 Å². The Kier molecular flexibility index (Phi) is 8.35. The third kappa shape index (κ3) is 7.06. The molecule has 0 aliphatic carbocycles. The van der Waals surface area contributed by atoms with Gasteiger partial charge in [-0.2, -0.15) is 52.7 Å². The van der Waals surface area contributed by atoms with Gasteiger partial charge in [0.15, 0.2) is 0 Å². The van der Waals surface area contributed by atoms with Gasteiger partial charge in [-0.25, -0.2) is 4.79 Å². The van der Waals surface area contributed by atoms with Crippen molar-refractivity contribution in [2.45, 2.75) is 75.6 Å². The second-order valence-electron chi connectivity index (χ2n) is 10.7. The molecule has 234 valence electrons. The van der Waals surface area contributed by atoms with Crippen molar-refractivity contribution in [3.63, 3.8) is 0 Å². The third-order valence-electron chi connectivity index (χ3n) is 6.42. The van der Waals surface area contributed by atoms with E-state index in [2.05, 4.69) is 0 Å². The number of amides is 1. The number of likely N-dealkylation sites (tertiary alicyclic amines) is 1. The minimum absolute atomic E-state index is 0.00560. The zero-order valence-electron chi connectivity index (χ0n) is 21.9. The summed E-state index contributed by atoms with van der Waals surface area (Å²) in [5.41, 5.74) is -15.3. The Labute approximate surface area is 230 Å². The highest BCUT2D eigenvalue weighted by atomic mass is 19.4. The van der Waals surface area contributed by atoms with Crippen molar-refractivity contribution in [1.82, 2.24) is 4.90 Å². The summed E-state index contributed by atoms with van der Waals surface area (Å²) in [4.78, 5) is 13.6. The van der Waals surface area contributed by atoms with Gasteiger partial charge in [0.2, 0.25) is 0 Å². The van der Waals surface area contributed by atoms with E-state index < -0.39 is 87.8 Å². The number of benzene rings is 2. The van der Waals surface area contributed by atoms with Crippen molar-refractivity contribution < 1.29 is 67.3 Å². The smallest absolute Gasteiger partial charge is 0.416 e. The molecule has 0 radical (unpaired) electrons. The average molecular weight is 625 g/mol. The molecule has 0 spiro atoms. The largest absolute Gasteiger partial charge is 0.444 e. The molecule has 2 aromatic rings. The highest BCUT2D eigenvalue weighted by Crippen LogP contribution is 2.47. The van der Waals surface area contributed by atoms with E-state index in [9.17, 15) is 62.6 Å². The summed E-state index contributed by atoms with van der Waals surface area (Å²) in [7, 11) is 0. The molecular formula is C26H23F12NO3. The molecular weight excluding hydrogens is 602 g/mol. The first kappa shape index (κ1) is 33.3. The van der Waals surface area contributed by atoms with Crippen LogP contribution in [-0.4, -0.2) is 34.3 Å². The van der Waals surface area contributed by atoms with Crippen molar-refractivity contribution in [2.75, 3.05) is 6.54 Å². The van der Waals surface area contributed by atoms with Crippen LogP contribution in [0.2, 0.25) is 0 Å². The lowest BCUT2D eigenvalue weighted by Gasteiger charge is -2.41. The Morgan fingerprint density at radius 3 is 1.26 bits per heavy atom. The van der Waals surface area contributed by atoms with Gasteiger partial charge in [0.1, 0.15) is 11.2 Å². The van der Waals surface area contributed by atoms with Crippen LogP contribution in [0.25, 0.3) is 0 Å². The second kappa shape index (κ2) is 10.5. The Bertz CT molecular complexity index is 1180. The fourth-order valence-corrected chi connectivity index (χ4v) is 4.64. The molecule has 1 fully saturated rings. The minimum atomic E-state index is -5.48. The maximum Gasteiger partial charge on any atom is 0.416 e. The quantitative estimate of drug-likeness (QED) is 0.349. The topological polar surface area (TPSA) is 49.8 Å². The minimum Gasteiger partial charge on any atom is -0.444 e. The standard InChI is InChI=1S/C26H23F12NO3/c1-21(2,3)42-20(40)39-6-4-5-19(39)22(41,13-7-15(23(27,28)29)11-16(8-13)24(30,31)32)14-9-17(25(33,34)35)12-18(10-14)26(36,37)38/h7-12,19,41H,4-6H2,1-3H3/t19-/m0/s1. The summed E-state index contributed by atoms with van der Waals surface area (Å²) < 4.78 is 170. The van der Waals surface area contributed by atoms with Gasteiger partial charge in [0.05, 0.1) is 28.3 Å². The number of nitrogens with zero attached hydrogens (tertiary/aromatic N) is 1. The van der Waals surface area contributed by atoms with E-state index in [0.29, 0.717) is 4.90 Å². The summed E-state index contributed by atoms with van der Waals surface area (Å²) in [6.45, 7) is 3.85. The second-order valence-corrected chi connectivity index (χ2v) is 10.7. The summed E-state index contributed by atoms with van der Waals surface area (Å²) >= 11 is 0. The number of alkyl halides is 12. The lowest BCUT2D eigenvalue weighted by molar-refractivity contribution is -0.144. The maximum absolute atomic E-state index is 13.7. The van der Waals surface area contributed by atoms with Crippen molar-refractivity contribution in [3.05, 3.63) is 69.8 Å². The van der Waals surface area contributed by atoms with Crippen LogP contribution in [0.3, 0.4) is 0 Å². The normalized spacial score (nSPS) is 17.5. The lowest BCUT2D eigenvalue weighted by Crippen LogP contribution is -2.52. The lowest BCUT2D eigenvalue weighted by atomic mass is 9.77. The molecule has 0 unspecified atom stereocenters. The molecule has 0 aromatic heterocycles. The number of hydrogen-bond donors (Lipinski definition) is 1. The van der Waals surface area contributed by atoms with Gasteiger partial charge in [-0.05, 0) is 81.1 Å². The summed E-state index contributed by atoms with van der Waals surface area (Å²) in [6, 6.07) is -2.61. The van der Waals surface area contributed by atoms with Gasteiger partial charge in [0, 0.05) is 6.54 Å². The van der Waals surface area contributed by atoms with Crippen LogP contribution in [0, 0.1) is 0 Å². The fraction of sp³-hybridized carbons (Fsp3) is 0.500. The zero-order chi connectivity index (χ0) is 32.3. The van der Waals surface area contributed by atoms with E-state index in [-0.39, 0.29) is 49.4 Å². The summed E-state index contributed by atoms with van der Waals surface area (Å²) in [6.07, 6.45) is -23.7. The molecule has 1 amide bonds.